The number of ether oxygens (including phenoxy) is 3. The molecule has 0 fully saturated rings. The molecular formula is C44H57ClN6O5. The van der Waals surface area contributed by atoms with Gasteiger partial charge in [-0.1, -0.05) is 60.7 Å². The number of phenolic OH excluding ortho intramolecular Hbond substituents is 2. The highest BCUT2D eigenvalue weighted by Crippen LogP contribution is 2.51. The van der Waals surface area contributed by atoms with E-state index in [9.17, 15) is 10.2 Å². The van der Waals surface area contributed by atoms with E-state index in [4.69, 9.17) is 36.5 Å². The first-order valence-corrected chi connectivity index (χ1v) is 18.9. The van der Waals surface area contributed by atoms with E-state index in [1.165, 1.54) is 0 Å². The van der Waals surface area contributed by atoms with E-state index in [-0.39, 0.29) is 48.7 Å². The van der Waals surface area contributed by atoms with Crippen LogP contribution in [0.15, 0.2) is 60.7 Å². The molecule has 0 saturated heterocycles. The fourth-order valence-electron chi connectivity index (χ4n) is 8.72. The molecule has 0 spiro atoms. The third kappa shape index (κ3) is 7.67. The number of halogens is 1. The van der Waals surface area contributed by atoms with E-state index in [0.29, 0.717) is 36.8 Å². The first-order valence-electron chi connectivity index (χ1n) is 18.9. The van der Waals surface area contributed by atoms with Crippen LogP contribution in [0.3, 0.4) is 0 Å². The molecule has 4 atom stereocenters. The molecule has 0 saturated carbocycles. The number of fused-ring (bicyclic) bond motifs is 2. The van der Waals surface area contributed by atoms with Gasteiger partial charge in [-0.25, -0.2) is 0 Å². The van der Waals surface area contributed by atoms with Crippen LogP contribution < -0.4 is 31.6 Å². The molecule has 4 aromatic carbocycles. The maximum atomic E-state index is 10.9. The third-order valence-corrected chi connectivity index (χ3v) is 11.9. The Balaban J connectivity index is 0.00000600. The van der Waals surface area contributed by atoms with Crippen molar-refractivity contribution in [1.82, 2.24) is 10.6 Å². The van der Waals surface area contributed by atoms with Crippen molar-refractivity contribution in [2.24, 2.45) is 11.5 Å². The number of benzene rings is 4. The molecule has 2 heterocycles. The summed E-state index contributed by atoms with van der Waals surface area (Å²) in [6.45, 7) is 15.6. The molecule has 0 bridgehead atoms. The van der Waals surface area contributed by atoms with Gasteiger partial charge in [0.1, 0.15) is 34.2 Å². The Morgan fingerprint density at radius 2 is 0.982 bits per heavy atom. The summed E-state index contributed by atoms with van der Waals surface area (Å²) >= 11 is 0. The lowest BCUT2D eigenvalue weighted by Crippen LogP contribution is -2.64. The van der Waals surface area contributed by atoms with Crippen LogP contribution in [-0.4, -0.2) is 33.3 Å². The molecule has 4 aromatic rings. The summed E-state index contributed by atoms with van der Waals surface area (Å²) in [6.07, 6.45) is 2.78. The molecule has 6 rings (SSSR count). The van der Waals surface area contributed by atoms with Gasteiger partial charge in [0.2, 0.25) is 0 Å². The zero-order valence-electron chi connectivity index (χ0n) is 33.7. The minimum absolute atomic E-state index is 0. The van der Waals surface area contributed by atoms with Gasteiger partial charge in [-0.2, -0.15) is 0 Å². The van der Waals surface area contributed by atoms with E-state index in [1.54, 1.807) is 0 Å². The smallest absolute Gasteiger partial charge is 0.188 e. The van der Waals surface area contributed by atoms with Crippen molar-refractivity contribution in [3.8, 4) is 23.0 Å². The fraction of sp³-hybridized carbons (Fsp3) is 0.409. The van der Waals surface area contributed by atoms with Crippen LogP contribution in [0.25, 0.3) is 0 Å². The average molecular weight is 785 g/mol. The van der Waals surface area contributed by atoms with Crippen molar-refractivity contribution in [2.75, 3.05) is 0 Å². The quantitative estimate of drug-likeness (QED) is 0.0452. The number of phenols is 2. The summed E-state index contributed by atoms with van der Waals surface area (Å²) in [7, 11) is 0. The van der Waals surface area contributed by atoms with Crippen LogP contribution >= 0.6 is 12.4 Å². The van der Waals surface area contributed by atoms with Crippen LogP contribution in [-0.2, 0) is 29.0 Å². The largest absolute Gasteiger partial charge is 0.507 e. The maximum absolute atomic E-state index is 10.9. The molecular weight excluding hydrogens is 728 g/mol. The van der Waals surface area contributed by atoms with Crippen LogP contribution in [0.1, 0.15) is 95.2 Å². The standard InChI is InChI=1S/C44H56N6O5.ClH/c1-25-27(3)37-33(29(5)35(25)51)19-21-41(7,53-37)23-43(49-39(45)46,31-15-11-9-12-16-31)55-44(50-40(47)48,32-17-13-10-14-18-32)24-42(8)22-20-34-30(6)36(52)26(2)28(4)38(34)54-42;/h9-18,51-52H,19-24H2,1-8H3,(H4,45,46,49)(H4,47,48,50);1H. The van der Waals surface area contributed by atoms with Gasteiger partial charge >= 0.3 is 0 Å². The Hall–Kier alpha value is -5.13. The highest BCUT2D eigenvalue weighted by molar-refractivity contribution is 5.85. The lowest BCUT2D eigenvalue weighted by atomic mass is 9.79. The Kier molecular flexibility index (Phi) is 11.6. The second-order valence-electron chi connectivity index (χ2n) is 16.1. The molecule has 11 nitrogen and oxygen atoms in total. The second-order valence-corrected chi connectivity index (χ2v) is 16.1. The second kappa shape index (κ2) is 15.4. The monoisotopic (exact) mass is 784 g/mol. The van der Waals surface area contributed by atoms with Gasteiger partial charge in [0.25, 0.3) is 0 Å². The average Bonchev–Trinajstić information content (AvgIpc) is 3.14. The topological polar surface area (TPSA) is 192 Å². The summed E-state index contributed by atoms with van der Waals surface area (Å²) in [4.78, 5) is 0. The van der Waals surface area contributed by atoms with Gasteiger partial charge in [0.15, 0.2) is 23.4 Å². The molecule has 2 aliphatic heterocycles. The molecule has 12 heteroatoms. The zero-order valence-corrected chi connectivity index (χ0v) is 34.5. The van der Waals surface area contributed by atoms with Crippen molar-refractivity contribution in [3.63, 3.8) is 0 Å². The van der Waals surface area contributed by atoms with Crippen LogP contribution in [0.2, 0.25) is 0 Å². The van der Waals surface area contributed by atoms with Gasteiger partial charge in [0.05, 0.1) is 0 Å². The normalized spacial score (nSPS) is 20.7. The molecule has 0 aliphatic carbocycles. The Labute approximate surface area is 336 Å². The number of guanidine groups is 2. The summed E-state index contributed by atoms with van der Waals surface area (Å²) in [5.74, 6) is 1.39. The minimum atomic E-state index is -1.54. The molecule has 4 unspecified atom stereocenters. The van der Waals surface area contributed by atoms with Gasteiger partial charge < -0.3 is 46.5 Å². The van der Waals surface area contributed by atoms with E-state index in [2.05, 4.69) is 10.6 Å². The third-order valence-electron chi connectivity index (χ3n) is 11.9. The highest BCUT2D eigenvalue weighted by Gasteiger charge is 2.54. The Morgan fingerprint density at radius 1 is 0.643 bits per heavy atom. The molecule has 0 amide bonds. The van der Waals surface area contributed by atoms with E-state index < -0.39 is 22.7 Å². The van der Waals surface area contributed by atoms with Gasteiger partial charge in [-0.05, 0) is 114 Å². The predicted molar refractivity (Wildman–Crippen MR) is 223 cm³/mol. The lowest BCUT2D eigenvalue weighted by molar-refractivity contribution is -0.224. The van der Waals surface area contributed by atoms with Gasteiger partial charge in [-0.3, -0.25) is 10.8 Å². The molecule has 0 radical (unpaired) electrons. The number of hydrogen-bond donors (Lipinski definition) is 8. The van der Waals surface area contributed by atoms with Crippen LogP contribution in [0.4, 0.5) is 0 Å². The first-order chi connectivity index (χ1) is 25.8. The number of nitrogens with two attached hydrogens (primary N) is 2. The van der Waals surface area contributed by atoms with Gasteiger partial charge in [-0.15, -0.1) is 12.4 Å². The molecule has 56 heavy (non-hydrogen) atoms. The summed E-state index contributed by atoms with van der Waals surface area (Å²) < 4.78 is 21.6. The Morgan fingerprint density at radius 3 is 1.30 bits per heavy atom. The van der Waals surface area contributed by atoms with E-state index in [1.807, 2.05) is 116 Å². The highest BCUT2D eigenvalue weighted by atomic mass is 35.5. The van der Waals surface area contributed by atoms with E-state index >= 15 is 0 Å². The van der Waals surface area contributed by atoms with Crippen molar-refractivity contribution in [2.45, 2.75) is 117 Å². The van der Waals surface area contributed by atoms with Crippen molar-refractivity contribution >= 4 is 24.3 Å². The zero-order chi connectivity index (χ0) is 40.1. The lowest BCUT2D eigenvalue weighted by Gasteiger charge is -2.51. The first kappa shape index (κ1) is 42.0. The van der Waals surface area contributed by atoms with Crippen molar-refractivity contribution < 1.29 is 24.4 Å². The number of hydrogen-bond acceptors (Lipinski definition) is 7. The molecule has 2 aliphatic rings. The molecule has 300 valence electrons. The summed E-state index contributed by atoms with van der Waals surface area (Å²) in [5.41, 5.74) is 15.9. The maximum Gasteiger partial charge on any atom is 0.188 e. The number of rotatable bonds is 10. The van der Waals surface area contributed by atoms with Crippen LogP contribution in [0, 0.1) is 52.4 Å². The molecule has 10 N–H and O–H groups in total. The Bertz CT molecular complexity index is 2000. The number of nitrogens with one attached hydrogen (secondary N) is 4. The SMILES string of the molecule is Cc1c(C)c2c(c(C)c1O)CCC(C)(CC(NC(=N)N)(OC(CC1(C)CCc3c(C)c(O)c(C)c(C)c3O1)(NC(=N)N)c1ccccc1)c1ccccc1)O2.Cl. The number of aromatic hydroxyl groups is 2. The minimum Gasteiger partial charge on any atom is -0.507 e. The predicted octanol–water partition coefficient (Wildman–Crippen LogP) is 7.71. The fourth-order valence-corrected chi connectivity index (χ4v) is 8.72. The van der Waals surface area contributed by atoms with Crippen LogP contribution in [0.5, 0.6) is 23.0 Å². The van der Waals surface area contributed by atoms with Gasteiger partial charge in [0, 0.05) is 35.1 Å². The van der Waals surface area contributed by atoms with Crippen molar-refractivity contribution in [1.29, 1.82) is 10.8 Å². The molecule has 0 aromatic heterocycles. The summed E-state index contributed by atoms with van der Waals surface area (Å²) in [5, 5.41) is 45.7. The van der Waals surface area contributed by atoms with Crippen molar-refractivity contribution in [3.05, 3.63) is 116 Å². The summed E-state index contributed by atoms with van der Waals surface area (Å²) in [6, 6.07) is 19.1. The van der Waals surface area contributed by atoms with E-state index in [0.717, 1.165) is 56.0 Å².